The number of rotatable bonds is 4. The normalized spacial score (nSPS) is 17.3. The molecule has 1 fully saturated rings. The number of nitrogen functional groups attached to an aromatic ring is 1. The fourth-order valence-corrected chi connectivity index (χ4v) is 3.22. The van der Waals surface area contributed by atoms with Gasteiger partial charge in [-0.3, -0.25) is 4.90 Å². The predicted octanol–water partition coefficient (Wildman–Crippen LogP) is 1.89. The third-order valence-corrected chi connectivity index (χ3v) is 4.93. The van der Waals surface area contributed by atoms with Crippen molar-refractivity contribution in [3.8, 4) is 11.6 Å². The van der Waals surface area contributed by atoms with Gasteiger partial charge in [0.25, 0.3) is 0 Å². The summed E-state index contributed by atoms with van der Waals surface area (Å²) in [4.78, 5) is 13.8. The van der Waals surface area contributed by atoms with Crippen LogP contribution in [0.3, 0.4) is 0 Å². The minimum Gasteiger partial charge on any atom is -0.461 e. The number of hydrogen-bond donors (Lipinski definition) is 1. The van der Waals surface area contributed by atoms with Gasteiger partial charge in [0.2, 0.25) is 11.8 Å². The molecule has 0 aliphatic carbocycles. The molecule has 8 heteroatoms. The summed E-state index contributed by atoms with van der Waals surface area (Å²) in [5, 5.41) is 4.38. The number of aromatic nitrogens is 4. The van der Waals surface area contributed by atoms with Crippen LogP contribution < -0.4 is 10.6 Å². The summed E-state index contributed by atoms with van der Waals surface area (Å²) in [5.74, 6) is 2.32. The summed E-state index contributed by atoms with van der Waals surface area (Å²) < 4.78 is 6.92. The van der Waals surface area contributed by atoms with Crippen molar-refractivity contribution in [2.75, 3.05) is 36.8 Å². The number of piperazine rings is 1. The molecule has 4 heterocycles. The summed E-state index contributed by atoms with van der Waals surface area (Å²) in [5.41, 5.74) is 6.79. The second kappa shape index (κ2) is 6.36. The van der Waals surface area contributed by atoms with Crippen LogP contribution in [-0.2, 0) is 0 Å². The lowest BCUT2D eigenvalue weighted by molar-refractivity contribution is 0.192. The molecule has 2 N–H and O–H groups in total. The molecule has 132 valence electrons. The van der Waals surface area contributed by atoms with Crippen LogP contribution in [0.1, 0.15) is 20.3 Å². The van der Waals surface area contributed by atoms with Crippen molar-refractivity contribution in [3.63, 3.8) is 0 Å². The van der Waals surface area contributed by atoms with Crippen LogP contribution in [-0.4, -0.2) is 56.7 Å². The topological polar surface area (TPSA) is 88.7 Å². The molecule has 8 nitrogen and oxygen atoms in total. The Bertz CT molecular complexity index is 849. The van der Waals surface area contributed by atoms with Crippen molar-refractivity contribution in [2.24, 2.45) is 0 Å². The fourth-order valence-electron chi connectivity index (χ4n) is 3.22. The summed E-state index contributed by atoms with van der Waals surface area (Å²) in [6, 6.07) is 6.20. The number of fused-ring (bicyclic) bond motifs is 1. The smallest absolute Gasteiger partial charge is 0.225 e. The van der Waals surface area contributed by atoms with Crippen LogP contribution in [0.15, 0.2) is 28.9 Å². The highest BCUT2D eigenvalue weighted by molar-refractivity contribution is 5.59. The Morgan fingerprint density at radius 1 is 1.24 bits per heavy atom. The van der Waals surface area contributed by atoms with E-state index in [-0.39, 0.29) is 0 Å². The molecule has 0 radical (unpaired) electrons. The molecule has 3 aromatic rings. The van der Waals surface area contributed by atoms with Crippen LogP contribution in [0.4, 0.5) is 11.8 Å². The third-order valence-electron chi connectivity index (χ3n) is 4.93. The van der Waals surface area contributed by atoms with Gasteiger partial charge < -0.3 is 15.1 Å². The van der Waals surface area contributed by atoms with Crippen molar-refractivity contribution >= 4 is 17.4 Å². The fraction of sp³-hybridized carbons (Fsp3) is 0.471. The molecular weight excluding hydrogens is 318 g/mol. The predicted molar refractivity (Wildman–Crippen MR) is 96.4 cm³/mol. The van der Waals surface area contributed by atoms with Gasteiger partial charge in [-0.2, -0.15) is 9.50 Å². The Morgan fingerprint density at radius 3 is 2.72 bits per heavy atom. The lowest BCUT2D eigenvalue weighted by Gasteiger charge is -2.38. The number of anilines is 2. The molecule has 3 aromatic heterocycles. The molecule has 0 bridgehead atoms. The Morgan fingerprint density at radius 2 is 2.04 bits per heavy atom. The van der Waals surface area contributed by atoms with E-state index in [0.29, 0.717) is 29.2 Å². The van der Waals surface area contributed by atoms with Gasteiger partial charge in [-0.15, -0.1) is 5.10 Å². The van der Waals surface area contributed by atoms with Gasteiger partial charge in [-0.05, 0) is 25.5 Å². The van der Waals surface area contributed by atoms with Crippen molar-refractivity contribution in [1.82, 2.24) is 24.5 Å². The lowest BCUT2D eigenvalue weighted by atomic mass is 10.2. The van der Waals surface area contributed by atoms with Gasteiger partial charge >= 0.3 is 0 Å². The number of nitrogens with two attached hydrogens (primary N) is 1. The second-order valence-corrected chi connectivity index (χ2v) is 6.44. The molecule has 1 saturated heterocycles. The molecule has 25 heavy (non-hydrogen) atoms. The van der Waals surface area contributed by atoms with E-state index < -0.39 is 0 Å². The molecular formula is C17H23N7O. The minimum atomic E-state index is 0.335. The summed E-state index contributed by atoms with van der Waals surface area (Å²) >= 11 is 0. The van der Waals surface area contributed by atoms with E-state index in [2.05, 4.69) is 38.7 Å². The van der Waals surface area contributed by atoms with Crippen molar-refractivity contribution in [1.29, 1.82) is 0 Å². The summed E-state index contributed by atoms with van der Waals surface area (Å²) in [6.07, 6.45) is 2.78. The first-order valence-electron chi connectivity index (χ1n) is 8.72. The molecule has 1 aliphatic rings. The van der Waals surface area contributed by atoms with Gasteiger partial charge in [0.05, 0.1) is 6.26 Å². The van der Waals surface area contributed by atoms with Gasteiger partial charge in [-0.1, -0.05) is 6.92 Å². The average Bonchev–Trinajstić information content (AvgIpc) is 3.30. The van der Waals surface area contributed by atoms with E-state index >= 15 is 0 Å². The van der Waals surface area contributed by atoms with Crippen LogP contribution in [0.2, 0.25) is 0 Å². The summed E-state index contributed by atoms with van der Waals surface area (Å²) in [6.45, 7) is 8.45. The zero-order chi connectivity index (χ0) is 17.4. The van der Waals surface area contributed by atoms with Crippen LogP contribution in [0, 0.1) is 0 Å². The van der Waals surface area contributed by atoms with Crippen molar-refractivity contribution in [2.45, 2.75) is 26.3 Å². The van der Waals surface area contributed by atoms with Gasteiger partial charge in [0.1, 0.15) is 5.82 Å². The molecule has 0 spiro atoms. The maximum Gasteiger partial charge on any atom is 0.225 e. The van der Waals surface area contributed by atoms with Crippen molar-refractivity contribution in [3.05, 3.63) is 24.5 Å². The first-order chi connectivity index (χ1) is 12.2. The monoisotopic (exact) mass is 341 g/mol. The molecule has 0 amide bonds. The van der Waals surface area contributed by atoms with E-state index in [0.717, 1.165) is 32.0 Å². The molecule has 1 unspecified atom stereocenters. The minimum absolute atomic E-state index is 0.335. The standard InChI is InChI=1S/C17H23N7O/c1-3-12(2)22-6-8-23(9-7-22)14-11-15-19-16(13-5-4-10-25-13)21-24(15)17(18)20-14/h4-5,10-12H,3,6-9H2,1-2H3,(H2,18,20). The third kappa shape index (κ3) is 2.93. The molecule has 4 rings (SSSR count). The van der Waals surface area contributed by atoms with Crippen LogP contribution in [0.5, 0.6) is 0 Å². The molecule has 1 aliphatic heterocycles. The molecule has 0 saturated carbocycles. The van der Waals surface area contributed by atoms with Crippen LogP contribution in [0.25, 0.3) is 17.2 Å². The van der Waals surface area contributed by atoms with Gasteiger partial charge in [0, 0.05) is 38.3 Å². The van der Waals surface area contributed by atoms with Gasteiger partial charge in [-0.25, -0.2) is 4.98 Å². The van der Waals surface area contributed by atoms with Crippen LogP contribution >= 0.6 is 0 Å². The maximum atomic E-state index is 6.11. The van der Waals surface area contributed by atoms with E-state index in [1.807, 2.05) is 18.2 Å². The Balaban J connectivity index is 1.59. The number of nitrogens with zero attached hydrogens (tertiary/aromatic N) is 6. The molecule has 1 atom stereocenters. The highest BCUT2D eigenvalue weighted by Gasteiger charge is 2.22. The number of furan rings is 1. The first kappa shape index (κ1) is 15.9. The molecule has 0 aromatic carbocycles. The zero-order valence-corrected chi connectivity index (χ0v) is 14.6. The van der Waals surface area contributed by atoms with E-state index in [4.69, 9.17) is 10.2 Å². The second-order valence-electron chi connectivity index (χ2n) is 6.44. The highest BCUT2D eigenvalue weighted by atomic mass is 16.3. The Labute approximate surface area is 146 Å². The van der Waals surface area contributed by atoms with E-state index in [1.54, 1.807) is 10.8 Å². The first-order valence-corrected chi connectivity index (χ1v) is 8.72. The SMILES string of the molecule is CCC(C)N1CCN(c2cc3nc(-c4ccco4)nn3c(N)n2)CC1. The van der Waals surface area contributed by atoms with E-state index in [1.165, 1.54) is 6.42 Å². The maximum absolute atomic E-state index is 6.11. The summed E-state index contributed by atoms with van der Waals surface area (Å²) in [7, 11) is 0. The Hall–Kier alpha value is -2.61. The quantitative estimate of drug-likeness (QED) is 0.775. The largest absolute Gasteiger partial charge is 0.461 e. The average molecular weight is 341 g/mol. The highest BCUT2D eigenvalue weighted by Crippen LogP contribution is 2.22. The van der Waals surface area contributed by atoms with E-state index in [9.17, 15) is 0 Å². The Kier molecular flexibility index (Phi) is 4.04. The van der Waals surface area contributed by atoms with Gasteiger partial charge in [0.15, 0.2) is 11.4 Å². The number of hydrogen-bond acceptors (Lipinski definition) is 7. The van der Waals surface area contributed by atoms with Crippen molar-refractivity contribution < 1.29 is 4.42 Å². The lowest BCUT2D eigenvalue weighted by Crippen LogP contribution is -2.49. The zero-order valence-electron chi connectivity index (χ0n) is 14.6.